The van der Waals surface area contributed by atoms with Gasteiger partial charge in [-0.05, 0) is 55.6 Å². The third-order valence-electron chi connectivity index (χ3n) is 5.25. The SMILES string of the molecule is C.CNCCCC(NC(=O)C(NCc1ccccc1)C(C)C)C(=O)Nc1ccc(CBr)cc1.NC=O.O=CO. The summed E-state index contributed by atoms with van der Waals surface area (Å²) in [4.78, 5) is 43.1. The number of primary amides is 1. The summed E-state index contributed by atoms with van der Waals surface area (Å²) in [5.74, 6) is -0.279. The maximum atomic E-state index is 13.1. The molecule has 0 radical (unpaired) electrons. The van der Waals surface area contributed by atoms with Gasteiger partial charge in [-0.15, -0.1) is 0 Å². The van der Waals surface area contributed by atoms with E-state index in [9.17, 15) is 9.59 Å². The molecule has 0 aromatic heterocycles. The molecule has 0 aliphatic rings. The molecule has 0 aliphatic carbocycles. The standard InChI is InChI=1S/C25H35BrN4O2.CH3NO.CH2O2.CH4/c1-18(2)23(28-17-20-8-5-4-6-9-20)25(32)30-22(10-7-15-27-3)24(31)29-21-13-11-19(16-26)12-14-21;2*2-1-3;/h4-6,8-9,11-14,18,22-23,27-28H,7,10,15-17H2,1-3H3,(H,29,31)(H,30,32);1H,(H2,2,3);1H,(H,2,3);1H4. The van der Waals surface area contributed by atoms with E-state index in [0.717, 1.165) is 35.1 Å². The van der Waals surface area contributed by atoms with Gasteiger partial charge in [-0.25, -0.2) is 0 Å². The molecule has 2 aromatic carbocycles. The minimum absolute atomic E-state index is 0. The van der Waals surface area contributed by atoms with E-state index in [0.29, 0.717) is 13.0 Å². The number of rotatable bonds is 13. The number of anilines is 1. The second-order valence-electron chi connectivity index (χ2n) is 8.46. The van der Waals surface area contributed by atoms with Gasteiger partial charge in [-0.1, -0.05) is 79.7 Å². The van der Waals surface area contributed by atoms with Crippen molar-refractivity contribution in [2.75, 3.05) is 18.9 Å². The molecule has 11 heteroatoms. The van der Waals surface area contributed by atoms with Gasteiger partial charge in [-0.3, -0.25) is 19.2 Å². The van der Waals surface area contributed by atoms with Crippen molar-refractivity contribution in [3.8, 4) is 0 Å². The van der Waals surface area contributed by atoms with E-state index in [4.69, 9.17) is 14.7 Å². The van der Waals surface area contributed by atoms with Crippen LogP contribution >= 0.6 is 15.9 Å². The van der Waals surface area contributed by atoms with E-state index < -0.39 is 12.1 Å². The van der Waals surface area contributed by atoms with Crippen LogP contribution < -0.4 is 27.0 Å². The second kappa shape index (κ2) is 23.8. The van der Waals surface area contributed by atoms with Crippen molar-refractivity contribution in [1.29, 1.82) is 0 Å². The molecule has 0 saturated carbocycles. The molecule has 2 atom stereocenters. The van der Waals surface area contributed by atoms with Gasteiger partial charge in [0.15, 0.2) is 0 Å². The predicted octanol–water partition coefficient (Wildman–Crippen LogP) is 3.26. The summed E-state index contributed by atoms with van der Waals surface area (Å²) in [6.45, 7) is 5.13. The Morgan fingerprint density at radius 2 is 1.56 bits per heavy atom. The summed E-state index contributed by atoms with van der Waals surface area (Å²) >= 11 is 3.42. The minimum atomic E-state index is -0.605. The molecule has 10 nitrogen and oxygen atoms in total. The highest BCUT2D eigenvalue weighted by molar-refractivity contribution is 9.08. The third-order valence-corrected chi connectivity index (χ3v) is 5.89. The lowest BCUT2D eigenvalue weighted by Crippen LogP contribution is -2.53. The highest BCUT2D eigenvalue weighted by Crippen LogP contribution is 2.13. The normalized spacial score (nSPS) is 11.2. The summed E-state index contributed by atoms with van der Waals surface area (Å²) in [6.07, 6.45) is 1.59. The Labute approximate surface area is 240 Å². The highest BCUT2D eigenvalue weighted by atomic mass is 79.9. The van der Waals surface area contributed by atoms with Crippen LogP contribution in [-0.4, -0.2) is 55.5 Å². The molecular weight excluding hydrogens is 566 g/mol. The van der Waals surface area contributed by atoms with Gasteiger partial charge < -0.3 is 32.1 Å². The number of carboxylic acid groups (broad SMARTS) is 1. The fraction of sp³-hybridized carbons (Fsp3) is 0.429. The molecule has 2 unspecified atom stereocenters. The number of hydrogen-bond acceptors (Lipinski definition) is 6. The van der Waals surface area contributed by atoms with Crippen LogP contribution in [0.4, 0.5) is 5.69 Å². The van der Waals surface area contributed by atoms with Crippen molar-refractivity contribution in [3.05, 3.63) is 65.7 Å². The van der Waals surface area contributed by atoms with E-state index in [1.54, 1.807) is 0 Å². The summed E-state index contributed by atoms with van der Waals surface area (Å²) in [7, 11) is 1.88. The molecule has 39 heavy (non-hydrogen) atoms. The van der Waals surface area contributed by atoms with E-state index in [2.05, 4.69) is 42.9 Å². The first-order valence-electron chi connectivity index (χ1n) is 12.2. The first kappa shape index (κ1) is 37.9. The lowest BCUT2D eigenvalue weighted by Gasteiger charge is -2.25. The first-order valence-corrected chi connectivity index (χ1v) is 13.3. The quantitative estimate of drug-likeness (QED) is 0.115. The zero-order chi connectivity index (χ0) is 28.8. The number of halogens is 1. The topological polar surface area (TPSA) is 163 Å². The molecule has 0 saturated heterocycles. The van der Waals surface area contributed by atoms with Crippen LogP contribution in [0, 0.1) is 5.92 Å². The molecule has 0 spiro atoms. The molecule has 0 aliphatic heterocycles. The van der Waals surface area contributed by atoms with Crippen LogP contribution in [0.5, 0.6) is 0 Å². The van der Waals surface area contributed by atoms with Crippen LogP contribution in [0.15, 0.2) is 54.6 Å². The average Bonchev–Trinajstić information content (AvgIpc) is 2.90. The number of carbonyl (C=O) groups is 4. The van der Waals surface area contributed by atoms with Gasteiger partial charge in [0.05, 0.1) is 6.04 Å². The summed E-state index contributed by atoms with van der Waals surface area (Å²) in [6, 6.07) is 16.6. The van der Waals surface area contributed by atoms with Gasteiger partial charge in [0, 0.05) is 17.6 Å². The zero-order valence-corrected chi connectivity index (χ0v) is 23.7. The number of carbonyl (C=O) groups excluding carboxylic acids is 3. The largest absolute Gasteiger partial charge is 0.483 e. The fourth-order valence-corrected chi connectivity index (χ4v) is 3.75. The summed E-state index contributed by atoms with van der Waals surface area (Å²) in [5, 5.41) is 20.0. The number of alkyl halides is 1. The summed E-state index contributed by atoms with van der Waals surface area (Å²) < 4.78 is 0. The van der Waals surface area contributed by atoms with Gasteiger partial charge in [0.2, 0.25) is 18.2 Å². The molecule has 2 aromatic rings. The molecule has 7 N–H and O–H groups in total. The van der Waals surface area contributed by atoms with E-state index in [1.807, 2.05) is 75.5 Å². The van der Waals surface area contributed by atoms with Gasteiger partial charge >= 0.3 is 0 Å². The lowest BCUT2D eigenvalue weighted by molar-refractivity contribution is -0.128. The zero-order valence-electron chi connectivity index (χ0n) is 22.2. The fourth-order valence-electron chi connectivity index (χ4n) is 3.37. The van der Waals surface area contributed by atoms with Crippen LogP contribution in [0.1, 0.15) is 45.2 Å². The van der Waals surface area contributed by atoms with E-state index in [1.165, 1.54) is 0 Å². The van der Waals surface area contributed by atoms with Crippen molar-refractivity contribution >= 4 is 46.3 Å². The smallest absolute Gasteiger partial charge is 0.290 e. The number of benzene rings is 2. The Morgan fingerprint density at radius 1 is 1.00 bits per heavy atom. The molecule has 218 valence electrons. The van der Waals surface area contributed by atoms with Crippen molar-refractivity contribution in [2.45, 2.75) is 58.1 Å². The summed E-state index contributed by atoms with van der Waals surface area (Å²) in [5.41, 5.74) is 7.13. The first-order chi connectivity index (χ1) is 18.3. The van der Waals surface area contributed by atoms with Crippen molar-refractivity contribution in [3.63, 3.8) is 0 Å². The Kier molecular flexibility index (Phi) is 23.1. The molecule has 0 bridgehead atoms. The molecule has 3 amide bonds. The number of hydrogen-bond donors (Lipinski definition) is 6. The monoisotopic (exact) mass is 609 g/mol. The Morgan fingerprint density at radius 3 is 2.05 bits per heavy atom. The maximum absolute atomic E-state index is 13.1. The van der Waals surface area contributed by atoms with Crippen LogP contribution in [0.2, 0.25) is 0 Å². The number of amides is 3. The van der Waals surface area contributed by atoms with Gasteiger partial charge in [0.25, 0.3) is 6.47 Å². The highest BCUT2D eigenvalue weighted by Gasteiger charge is 2.27. The Hall–Kier alpha value is -3.28. The number of nitrogens with one attached hydrogen (secondary N) is 4. The molecular formula is C28H44BrN5O5. The van der Waals surface area contributed by atoms with Crippen LogP contribution in [-0.2, 0) is 31.1 Å². The van der Waals surface area contributed by atoms with Crippen molar-refractivity contribution in [1.82, 2.24) is 16.0 Å². The predicted molar refractivity (Wildman–Crippen MR) is 160 cm³/mol. The Bertz CT molecular complexity index is 924. The van der Waals surface area contributed by atoms with Gasteiger partial charge in [0.1, 0.15) is 6.04 Å². The van der Waals surface area contributed by atoms with Crippen LogP contribution in [0.3, 0.4) is 0 Å². The second-order valence-corrected chi connectivity index (χ2v) is 9.02. The minimum Gasteiger partial charge on any atom is -0.483 e. The van der Waals surface area contributed by atoms with E-state index in [-0.39, 0.29) is 38.0 Å². The number of nitrogens with two attached hydrogens (primary N) is 1. The van der Waals surface area contributed by atoms with Crippen LogP contribution in [0.25, 0.3) is 0 Å². The van der Waals surface area contributed by atoms with E-state index >= 15 is 0 Å². The van der Waals surface area contributed by atoms with Gasteiger partial charge in [-0.2, -0.15) is 0 Å². The Balaban J connectivity index is 0. The molecule has 2 rings (SSSR count). The van der Waals surface area contributed by atoms with Crippen molar-refractivity contribution in [2.24, 2.45) is 11.7 Å². The molecule has 0 heterocycles. The lowest BCUT2D eigenvalue weighted by atomic mass is 10.0. The molecule has 0 fully saturated rings. The third kappa shape index (κ3) is 17.0. The maximum Gasteiger partial charge on any atom is 0.290 e. The van der Waals surface area contributed by atoms with Crippen molar-refractivity contribution < 1.29 is 24.3 Å². The average molecular weight is 611 g/mol.